The molecule has 0 radical (unpaired) electrons. The minimum absolute atomic E-state index is 0.0711. The van der Waals surface area contributed by atoms with Gasteiger partial charge in [0.15, 0.2) is 0 Å². The Balaban J connectivity index is 3.51. The van der Waals surface area contributed by atoms with Crippen LogP contribution in [0.25, 0.3) is 0 Å². The summed E-state index contributed by atoms with van der Waals surface area (Å²) in [4.78, 5) is 11.9. The predicted molar refractivity (Wildman–Crippen MR) is 85.2 cm³/mol. The summed E-state index contributed by atoms with van der Waals surface area (Å²) in [7, 11) is -4.85. The van der Waals surface area contributed by atoms with Crippen LogP contribution in [0.4, 0.5) is 0 Å². The molecule has 0 heterocycles. The quantitative estimate of drug-likeness (QED) is 0.749. The molecule has 6 heteroatoms. The Morgan fingerprint density at radius 2 is 1.68 bits per heavy atom. The summed E-state index contributed by atoms with van der Waals surface area (Å²) in [6, 6.07) is 7.64. The topological polar surface area (TPSA) is 91.7 Å². The number of hydrogen-bond donors (Lipinski definition) is 2. The zero-order valence-corrected chi connectivity index (χ0v) is 14.2. The van der Waals surface area contributed by atoms with Crippen LogP contribution in [0.15, 0.2) is 30.3 Å². The Labute approximate surface area is 132 Å². The summed E-state index contributed by atoms with van der Waals surface area (Å²) in [5.74, 6) is -1.28. The number of carboxylic acids is 1. The van der Waals surface area contributed by atoms with Crippen molar-refractivity contribution < 1.29 is 22.9 Å². The molecule has 22 heavy (non-hydrogen) atoms. The molecule has 5 nitrogen and oxygen atoms in total. The van der Waals surface area contributed by atoms with E-state index in [4.69, 9.17) is 0 Å². The maximum atomic E-state index is 12.0. The standard InChI is InChI=1S/C16H24O5S/c1-12(2)10-15(3,4)11-16(14(17)18,22(19,20)21)13-8-6-5-7-9-13/h5-9,12H,10-11H2,1-4H3,(H,17,18)(H,19,20,21). The normalized spacial score (nSPS) is 15.5. The molecule has 1 atom stereocenters. The van der Waals surface area contributed by atoms with Crippen LogP contribution in [0.3, 0.4) is 0 Å². The Morgan fingerprint density at radius 1 is 1.18 bits per heavy atom. The molecule has 2 N–H and O–H groups in total. The summed E-state index contributed by atoms with van der Waals surface area (Å²) in [5, 5.41) is 9.67. The van der Waals surface area contributed by atoms with Gasteiger partial charge in [-0.25, -0.2) is 0 Å². The zero-order valence-electron chi connectivity index (χ0n) is 13.4. The van der Waals surface area contributed by atoms with Gasteiger partial charge in [0, 0.05) is 0 Å². The fourth-order valence-electron chi connectivity index (χ4n) is 3.21. The third kappa shape index (κ3) is 3.87. The van der Waals surface area contributed by atoms with Crippen molar-refractivity contribution in [2.45, 2.75) is 45.3 Å². The molecule has 0 aliphatic carbocycles. The Kier molecular flexibility index (Phi) is 5.41. The van der Waals surface area contributed by atoms with E-state index in [1.165, 1.54) is 12.1 Å². The number of carboxylic acid groups (broad SMARTS) is 1. The van der Waals surface area contributed by atoms with Crippen LogP contribution in [-0.4, -0.2) is 24.0 Å². The van der Waals surface area contributed by atoms with Gasteiger partial charge in [-0.2, -0.15) is 8.42 Å². The monoisotopic (exact) mass is 328 g/mol. The molecule has 0 aromatic heterocycles. The zero-order chi connectivity index (χ0) is 17.2. The van der Waals surface area contributed by atoms with Crippen LogP contribution in [0, 0.1) is 11.3 Å². The summed E-state index contributed by atoms with van der Waals surface area (Å²) in [6.07, 6.45) is 0.445. The van der Waals surface area contributed by atoms with Crippen LogP contribution in [0.5, 0.6) is 0 Å². The van der Waals surface area contributed by atoms with Crippen molar-refractivity contribution in [3.8, 4) is 0 Å². The fourth-order valence-corrected chi connectivity index (χ4v) is 4.44. The summed E-state index contributed by atoms with van der Waals surface area (Å²) < 4.78 is 31.5. The van der Waals surface area contributed by atoms with E-state index in [0.717, 1.165) is 0 Å². The molecule has 0 aliphatic heterocycles. The van der Waals surface area contributed by atoms with Crippen LogP contribution >= 0.6 is 0 Å². The fraction of sp³-hybridized carbons (Fsp3) is 0.562. The Morgan fingerprint density at radius 3 is 2.05 bits per heavy atom. The molecular weight excluding hydrogens is 304 g/mol. The van der Waals surface area contributed by atoms with E-state index in [0.29, 0.717) is 6.42 Å². The molecule has 1 aromatic rings. The second kappa shape index (κ2) is 6.38. The van der Waals surface area contributed by atoms with E-state index in [9.17, 15) is 22.9 Å². The largest absolute Gasteiger partial charge is 0.480 e. The van der Waals surface area contributed by atoms with Gasteiger partial charge in [0.25, 0.3) is 10.1 Å². The van der Waals surface area contributed by atoms with Crippen molar-refractivity contribution in [3.63, 3.8) is 0 Å². The van der Waals surface area contributed by atoms with E-state index < -0.39 is 26.2 Å². The van der Waals surface area contributed by atoms with Gasteiger partial charge in [-0.15, -0.1) is 0 Å². The van der Waals surface area contributed by atoms with E-state index in [1.807, 2.05) is 27.7 Å². The SMILES string of the molecule is CC(C)CC(C)(C)CC(C(=O)O)(c1ccccc1)S(=O)(=O)O. The van der Waals surface area contributed by atoms with Gasteiger partial charge >= 0.3 is 5.97 Å². The maximum absolute atomic E-state index is 12.0. The van der Waals surface area contributed by atoms with Gasteiger partial charge in [-0.05, 0) is 29.7 Å². The lowest BCUT2D eigenvalue weighted by atomic mass is 9.74. The number of rotatable bonds is 7. The molecule has 1 rings (SSSR count). The van der Waals surface area contributed by atoms with Gasteiger partial charge in [-0.3, -0.25) is 9.35 Å². The van der Waals surface area contributed by atoms with Crippen molar-refractivity contribution >= 4 is 16.1 Å². The third-order valence-electron chi connectivity index (χ3n) is 3.71. The van der Waals surface area contributed by atoms with E-state index >= 15 is 0 Å². The number of aliphatic carboxylic acids is 1. The first kappa shape index (κ1) is 18.6. The molecule has 0 fully saturated rings. The van der Waals surface area contributed by atoms with Crippen LogP contribution in [-0.2, 0) is 19.7 Å². The average Bonchev–Trinajstić information content (AvgIpc) is 2.33. The summed E-state index contributed by atoms with van der Waals surface area (Å²) in [5.41, 5.74) is -0.500. The van der Waals surface area contributed by atoms with Crippen molar-refractivity contribution in [1.82, 2.24) is 0 Å². The first-order chi connectivity index (χ1) is 9.92. The van der Waals surface area contributed by atoms with Crippen LogP contribution in [0.1, 0.15) is 46.1 Å². The van der Waals surface area contributed by atoms with Gasteiger partial charge in [-0.1, -0.05) is 58.0 Å². The lowest BCUT2D eigenvalue weighted by molar-refractivity contribution is -0.141. The number of carbonyl (C=O) groups is 1. The highest BCUT2D eigenvalue weighted by Gasteiger charge is 2.54. The highest BCUT2D eigenvalue weighted by atomic mass is 32.2. The molecule has 0 amide bonds. The predicted octanol–water partition coefficient (Wildman–Crippen LogP) is 3.32. The molecule has 0 aliphatic rings. The lowest BCUT2D eigenvalue weighted by Crippen LogP contribution is -2.46. The smallest absolute Gasteiger partial charge is 0.332 e. The lowest BCUT2D eigenvalue weighted by Gasteiger charge is -2.36. The third-order valence-corrected chi connectivity index (χ3v) is 5.15. The van der Waals surface area contributed by atoms with Gasteiger partial charge < -0.3 is 5.11 Å². The van der Waals surface area contributed by atoms with Crippen molar-refractivity contribution in [2.24, 2.45) is 11.3 Å². The van der Waals surface area contributed by atoms with Crippen molar-refractivity contribution in [1.29, 1.82) is 0 Å². The van der Waals surface area contributed by atoms with Crippen molar-refractivity contribution in [3.05, 3.63) is 35.9 Å². The average molecular weight is 328 g/mol. The molecule has 0 bridgehead atoms. The summed E-state index contributed by atoms with van der Waals surface area (Å²) in [6.45, 7) is 7.61. The van der Waals surface area contributed by atoms with E-state index in [2.05, 4.69) is 0 Å². The highest BCUT2D eigenvalue weighted by Crippen LogP contribution is 2.43. The van der Waals surface area contributed by atoms with E-state index in [1.54, 1.807) is 18.2 Å². The van der Waals surface area contributed by atoms with Crippen LogP contribution in [0.2, 0.25) is 0 Å². The van der Waals surface area contributed by atoms with Crippen molar-refractivity contribution in [2.75, 3.05) is 0 Å². The maximum Gasteiger partial charge on any atom is 0.332 e. The molecule has 0 saturated heterocycles. The molecule has 1 aromatic carbocycles. The molecule has 124 valence electrons. The van der Waals surface area contributed by atoms with Gasteiger partial charge in [0.1, 0.15) is 0 Å². The Hall–Kier alpha value is -1.40. The number of benzene rings is 1. The summed E-state index contributed by atoms with van der Waals surface area (Å²) >= 11 is 0. The minimum Gasteiger partial charge on any atom is -0.480 e. The second-order valence-corrected chi connectivity index (χ2v) is 8.56. The first-order valence-corrected chi connectivity index (χ1v) is 8.62. The molecule has 0 spiro atoms. The molecule has 1 unspecified atom stereocenters. The minimum atomic E-state index is -4.85. The highest BCUT2D eigenvalue weighted by molar-refractivity contribution is 7.87. The molecular formula is C16H24O5S. The molecule has 0 saturated carbocycles. The Bertz CT molecular complexity index is 619. The van der Waals surface area contributed by atoms with Gasteiger partial charge in [0.05, 0.1) is 0 Å². The second-order valence-electron chi connectivity index (χ2n) is 6.91. The number of hydrogen-bond acceptors (Lipinski definition) is 3. The first-order valence-electron chi connectivity index (χ1n) is 7.18. The van der Waals surface area contributed by atoms with E-state index in [-0.39, 0.29) is 17.9 Å². The van der Waals surface area contributed by atoms with Crippen LogP contribution < -0.4 is 0 Å². The van der Waals surface area contributed by atoms with Gasteiger partial charge in [0.2, 0.25) is 4.75 Å².